The number of carbonyl (C=O) groups excluding carboxylic acids is 1. The highest BCUT2D eigenvalue weighted by Gasteiger charge is 2.07. The number of rotatable bonds is 3. The van der Waals surface area contributed by atoms with Crippen LogP contribution in [0, 0.1) is 0 Å². The molecule has 0 atom stereocenters. The van der Waals surface area contributed by atoms with Gasteiger partial charge >= 0.3 is 11.7 Å². The van der Waals surface area contributed by atoms with Crippen LogP contribution in [0.3, 0.4) is 0 Å². The number of fused-ring (bicyclic) bond motifs is 1. The third-order valence-electron chi connectivity index (χ3n) is 2.70. The normalized spacial score (nSPS) is 10.7. The van der Waals surface area contributed by atoms with Crippen LogP contribution in [0.25, 0.3) is 11.1 Å². The SMILES string of the molecule is COC(=O)CCc1ccc2c(c1)oc(=O)n2C. The van der Waals surface area contributed by atoms with Gasteiger partial charge in [-0.2, -0.15) is 0 Å². The van der Waals surface area contributed by atoms with Crippen molar-refractivity contribution >= 4 is 17.1 Å². The lowest BCUT2D eigenvalue weighted by molar-refractivity contribution is -0.140. The van der Waals surface area contributed by atoms with Crippen LogP contribution in [0.2, 0.25) is 0 Å². The highest BCUT2D eigenvalue weighted by atomic mass is 16.5. The minimum absolute atomic E-state index is 0.250. The summed E-state index contributed by atoms with van der Waals surface area (Å²) in [6, 6.07) is 5.47. The third-order valence-corrected chi connectivity index (χ3v) is 2.70. The summed E-state index contributed by atoms with van der Waals surface area (Å²) in [5.74, 6) is -0.635. The first kappa shape index (κ1) is 11.4. The fourth-order valence-electron chi connectivity index (χ4n) is 1.68. The highest BCUT2D eigenvalue weighted by molar-refractivity contribution is 5.74. The maximum absolute atomic E-state index is 11.3. The van der Waals surface area contributed by atoms with Gasteiger partial charge in [0.25, 0.3) is 0 Å². The quantitative estimate of drug-likeness (QED) is 0.751. The molecule has 0 saturated carbocycles. The molecule has 0 amide bonds. The zero-order chi connectivity index (χ0) is 12.4. The van der Waals surface area contributed by atoms with Crippen molar-refractivity contribution in [1.29, 1.82) is 0 Å². The fourth-order valence-corrected chi connectivity index (χ4v) is 1.68. The van der Waals surface area contributed by atoms with Crippen molar-refractivity contribution in [2.24, 2.45) is 7.05 Å². The molecular weight excluding hydrogens is 222 g/mol. The Labute approximate surface area is 97.6 Å². The Bertz CT molecular complexity index is 608. The van der Waals surface area contributed by atoms with Gasteiger partial charge in [-0.05, 0) is 24.1 Å². The summed E-state index contributed by atoms with van der Waals surface area (Å²) in [7, 11) is 3.02. The van der Waals surface area contributed by atoms with Crippen molar-refractivity contribution in [3.63, 3.8) is 0 Å². The Morgan fingerprint density at radius 1 is 1.47 bits per heavy atom. The van der Waals surface area contributed by atoms with Crippen molar-refractivity contribution < 1.29 is 13.9 Å². The lowest BCUT2D eigenvalue weighted by Gasteiger charge is -2.00. The summed E-state index contributed by atoms with van der Waals surface area (Å²) in [5, 5.41) is 0. The largest absolute Gasteiger partial charge is 0.469 e. The number of methoxy groups -OCH3 is 1. The van der Waals surface area contributed by atoms with Gasteiger partial charge in [-0.1, -0.05) is 6.07 Å². The molecule has 0 N–H and O–H groups in total. The van der Waals surface area contributed by atoms with Gasteiger partial charge in [-0.15, -0.1) is 0 Å². The average molecular weight is 235 g/mol. The number of oxazole rings is 1. The molecule has 2 aromatic rings. The molecule has 0 aliphatic heterocycles. The summed E-state index contributed by atoms with van der Waals surface area (Å²) in [4.78, 5) is 22.3. The second-order valence-corrected chi connectivity index (χ2v) is 3.81. The number of nitrogens with zero attached hydrogens (tertiary/aromatic N) is 1. The number of benzene rings is 1. The number of esters is 1. The van der Waals surface area contributed by atoms with Gasteiger partial charge in [-0.3, -0.25) is 9.36 Å². The number of hydrogen-bond acceptors (Lipinski definition) is 4. The molecule has 5 heteroatoms. The fraction of sp³-hybridized carbons (Fsp3) is 0.333. The van der Waals surface area contributed by atoms with Crippen LogP contribution in [0.1, 0.15) is 12.0 Å². The molecule has 90 valence electrons. The number of aryl methyl sites for hydroxylation is 2. The van der Waals surface area contributed by atoms with Crippen LogP contribution in [0.4, 0.5) is 0 Å². The van der Waals surface area contributed by atoms with Crippen molar-refractivity contribution in [3.05, 3.63) is 34.3 Å². The summed E-state index contributed by atoms with van der Waals surface area (Å²) in [6.07, 6.45) is 0.889. The Balaban J connectivity index is 2.26. The van der Waals surface area contributed by atoms with Crippen LogP contribution in [0.15, 0.2) is 27.4 Å². The Hall–Kier alpha value is -2.04. The maximum atomic E-state index is 11.3. The Morgan fingerprint density at radius 2 is 2.24 bits per heavy atom. The standard InChI is InChI=1S/C12H13NO4/c1-13-9-5-3-8(4-6-11(14)16-2)7-10(9)17-12(13)15/h3,5,7H,4,6H2,1-2H3. The topological polar surface area (TPSA) is 61.4 Å². The summed E-state index contributed by atoms with van der Waals surface area (Å²) >= 11 is 0. The van der Waals surface area contributed by atoms with Crippen LogP contribution >= 0.6 is 0 Å². The van der Waals surface area contributed by atoms with E-state index in [1.54, 1.807) is 13.1 Å². The second kappa shape index (κ2) is 4.45. The van der Waals surface area contributed by atoms with E-state index in [1.165, 1.54) is 11.7 Å². The predicted octanol–water partition coefficient (Wildman–Crippen LogP) is 1.24. The summed E-state index contributed by atoms with van der Waals surface area (Å²) in [6.45, 7) is 0. The van der Waals surface area contributed by atoms with E-state index in [9.17, 15) is 9.59 Å². The molecule has 0 bridgehead atoms. The molecule has 0 aliphatic rings. The van der Waals surface area contributed by atoms with E-state index in [0.29, 0.717) is 18.4 Å². The molecule has 0 fully saturated rings. The highest BCUT2D eigenvalue weighted by Crippen LogP contribution is 2.15. The number of carbonyl (C=O) groups is 1. The van der Waals surface area contributed by atoms with E-state index in [1.807, 2.05) is 12.1 Å². The minimum Gasteiger partial charge on any atom is -0.469 e. The van der Waals surface area contributed by atoms with Gasteiger partial charge in [0.05, 0.1) is 12.6 Å². The Morgan fingerprint density at radius 3 is 2.94 bits per heavy atom. The molecule has 1 aromatic heterocycles. The van der Waals surface area contributed by atoms with E-state index in [-0.39, 0.29) is 11.7 Å². The van der Waals surface area contributed by atoms with Gasteiger partial charge in [0.15, 0.2) is 5.58 Å². The molecule has 0 aliphatic carbocycles. The Kier molecular flexibility index (Phi) is 2.99. The van der Waals surface area contributed by atoms with Crippen LogP contribution in [0.5, 0.6) is 0 Å². The molecule has 0 spiro atoms. The molecule has 5 nitrogen and oxygen atoms in total. The van der Waals surface area contributed by atoms with E-state index in [4.69, 9.17) is 4.42 Å². The lowest BCUT2D eigenvalue weighted by Crippen LogP contribution is -2.08. The number of aromatic nitrogens is 1. The van der Waals surface area contributed by atoms with Crippen LogP contribution in [-0.2, 0) is 23.0 Å². The van der Waals surface area contributed by atoms with Crippen molar-refractivity contribution in [2.75, 3.05) is 7.11 Å². The first-order valence-corrected chi connectivity index (χ1v) is 5.27. The third kappa shape index (κ3) is 2.22. The van der Waals surface area contributed by atoms with Crippen LogP contribution < -0.4 is 5.76 Å². The number of hydrogen-bond donors (Lipinski definition) is 0. The molecule has 0 unspecified atom stereocenters. The van der Waals surface area contributed by atoms with Gasteiger partial charge in [0.1, 0.15) is 0 Å². The van der Waals surface area contributed by atoms with Gasteiger partial charge in [-0.25, -0.2) is 4.79 Å². The van der Waals surface area contributed by atoms with E-state index in [0.717, 1.165) is 11.1 Å². The van der Waals surface area contributed by atoms with Gasteiger partial charge < -0.3 is 9.15 Å². The monoisotopic (exact) mass is 235 g/mol. The van der Waals surface area contributed by atoms with Gasteiger partial charge in [0.2, 0.25) is 0 Å². The van der Waals surface area contributed by atoms with E-state index >= 15 is 0 Å². The molecule has 1 aromatic carbocycles. The molecular formula is C12H13NO4. The van der Waals surface area contributed by atoms with E-state index in [2.05, 4.69) is 4.74 Å². The first-order valence-electron chi connectivity index (χ1n) is 5.27. The lowest BCUT2D eigenvalue weighted by atomic mass is 10.1. The summed E-state index contributed by atoms with van der Waals surface area (Å²) in [5.41, 5.74) is 2.23. The predicted molar refractivity (Wildman–Crippen MR) is 61.8 cm³/mol. The molecule has 1 heterocycles. The van der Waals surface area contributed by atoms with Crippen molar-refractivity contribution in [2.45, 2.75) is 12.8 Å². The second-order valence-electron chi connectivity index (χ2n) is 3.81. The van der Waals surface area contributed by atoms with Crippen LogP contribution in [-0.4, -0.2) is 17.6 Å². The maximum Gasteiger partial charge on any atom is 0.419 e. The van der Waals surface area contributed by atoms with Crippen molar-refractivity contribution in [3.8, 4) is 0 Å². The smallest absolute Gasteiger partial charge is 0.419 e. The molecule has 0 saturated heterocycles. The number of ether oxygens (including phenoxy) is 1. The molecule has 17 heavy (non-hydrogen) atoms. The van der Waals surface area contributed by atoms with Crippen molar-refractivity contribution in [1.82, 2.24) is 4.57 Å². The molecule has 2 rings (SSSR count). The minimum atomic E-state index is -0.384. The van der Waals surface area contributed by atoms with Gasteiger partial charge in [0, 0.05) is 13.5 Å². The summed E-state index contributed by atoms with van der Waals surface area (Å²) < 4.78 is 11.1. The average Bonchev–Trinajstić information content (AvgIpc) is 2.62. The van der Waals surface area contributed by atoms with E-state index < -0.39 is 0 Å². The zero-order valence-corrected chi connectivity index (χ0v) is 9.73. The zero-order valence-electron chi connectivity index (χ0n) is 9.73. The molecule has 0 radical (unpaired) electrons. The first-order chi connectivity index (χ1) is 8.11.